The Labute approximate surface area is 218 Å². The Hall–Kier alpha value is -3.68. The molecule has 0 bridgehead atoms. The summed E-state index contributed by atoms with van der Waals surface area (Å²) in [5.74, 6) is 0.587. The Balaban J connectivity index is 1.28. The second kappa shape index (κ2) is 9.32. The number of fused-ring (bicyclic) bond motifs is 1. The molecule has 0 unspecified atom stereocenters. The number of benzene rings is 1. The summed E-state index contributed by atoms with van der Waals surface area (Å²) in [5.41, 5.74) is 2.96. The molecular formula is C24H26N8O3S2. The van der Waals surface area contributed by atoms with Crippen molar-refractivity contribution in [2.75, 3.05) is 32.1 Å². The predicted octanol–water partition coefficient (Wildman–Crippen LogP) is 2.72. The van der Waals surface area contributed by atoms with E-state index in [4.69, 9.17) is 9.97 Å². The van der Waals surface area contributed by atoms with Crippen LogP contribution in [0.5, 0.6) is 5.75 Å². The molecule has 3 N–H and O–H groups in total. The average molecular weight is 539 g/mol. The molecule has 0 amide bonds. The van der Waals surface area contributed by atoms with Crippen molar-refractivity contribution in [1.82, 2.24) is 33.9 Å². The smallest absolute Gasteiger partial charge is 0.259 e. The van der Waals surface area contributed by atoms with Crippen LogP contribution in [0.15, 0.2) is 59.3 Å². The summed E-state index contributed by atoms with van der Waals surface area (Å²) in [7, 11) is -1.76. The molecule has 1 aromatic carbocycles. The SMILES string of the molecule is CN1C=C(S(=O)(=O)N2CCC[C@@H](Nc3nccc(-c4c(-c5cccc(O)c5)nc5sccn45)n3)C2)NC1. The highest BCUT2D eigenvalue weighted by molar-refractivity contribution is 7.92. The average Bonchev–Trinajstić information content (AvgIpc) is 3.61. The monoisotopic (exact) mass is 538 g/mol. The molecule has 5 heterocycles. The topological polar surface area (TPSA) is 128 Å². The van der Waals surface area contributed by atoms with Crippen LogP contribution in [-0.4, -0.2) is 74.9 Å². The normalized spacial score (nSPS) is 18.7. The molecule has 0 radical (unpaired) electrons. The minimum absolute atomic E-state index is 0.129. The van der Waals surface area contributed by atoms with Crippen LogP contribution in [0.2, 0.25) is 0 Å². The van der Waals surface area contributed by atoms with Crippen LogP contribution in [-0.2, 0) is 10.0 Å². The van der Waals surface area contributed by atoms with Crippen LogP contribution in [0.4, 0.5) is 5.95 Å². The molecule has 4 aromatic rings. The lowest BCUT2D eigenvalue weighted by atomic mass is 10.1. The third kappa shape index (κ3) is 4.49. The van der Waals surface area contributed by atoms with Crippen molar-refractivity contribution in [1.29, 1.82) is 0 Å². The second-order valence-corrected chi connectivity index (χ2v) is 11.9. The van der Waals surface area contributed by atoms with Gasteiger partial charge in [0.25, 0.3) is 10.0 Å². The number of imidazole rings is 1. The first-order chi connectivity index (χ1) is 17.9. The number of phenolic OH excluding ortho intramolecular Hbond substituents is 1. The molecule has 37 heavy (non-hydrogen) atoms. The lowest BCUT2D eigenvalue weighted by Crippen LogP contribution is -2.46. The molecule has 6 rings (SSSR count). The van der Waals surface area contributed by atoms with Crippen LogP contribution in [0.3, 0.4) is 0 Å². The van der Waals surface area contributed by atoms with Gasteiger partial charge in [0.15, 0.2) is 9.99 Å². The van der Waals surface area contributed by atoms with E-state index in [2.05, 4.69) is 15.6 Å². The molecule has 13 heteroatoms. The second-order valence-electron chi connectivity index (χ2n) is 9.11. The van der Waals surface area contributed by atoms with Gasteiger partial charge in [-0.3, -0.25) is 4.40 Å². The molecule has 2 aliphatic rings. The quantitative estimate of drug-likeness (QED) is 0.339. The first kappa shape index (κ1) is 23.7. The highest BCUT2D eigenvalue weighted by Gasteiger charge is 2.34. The van der Waals surface area contributed by atoms with Gasteiger partial charge in [-0.2, -0.15) is 4.31 Å². The number of piperidine rings is 1. The van der Waals surface area contributed by atoms with E-state index in [1.807, 2.05) is 35.2 Å². The van der Waals surface area contributed by atoms with Crippen LogP contribution in [0.25, 0.3) is 27.6 Å². The number of hydrogen-bond acceptors (Lipinski definition) is 10. The number of aromatic hydroxyl groups is 1. The Kier molecular flexibility index (Phi) is 5.97. The van der Waals surface area contributed by atoms with Crippen molar-refractivity contribution >= 4 is 32.3 Å². The minimum Gasteiger partial charge on any atom is -0.508 e. The fourth-order valence-corrected chi connectivity index (χ4v) is 7.00. The van der Waals surface area contributed by atoms with Gasteiger partial charge in [-0.05, 0) is 31.0 Å². The molecule has 0 aliphatic carbocycles. The van der Waals surface area contributed by atoms with E-state index in [1.165, 1.54) is 15.6 Å². The number of phenols is 1. The molecule has 11 nitrogen and oxygen atoms in total. The number of nitrogens with zero attached hydrogens (tertiary/aromatic N) is 6. The number of nitrogens with one attached hydrogen (secondary N) is 2. The zero-order valence-electron chi connectivity index (χ0n) is 20.1. The van der Waals surface area contributed by atoms with Crippen molar-refractivity contribution in [3.05, 3.63) is 59.3 Å². The van der Waals surface area contributed by atoms with Crippen molar-refractivity contribution in [3.8, 4) is 28.4 Å². The van der Waals surface area contributed by atoms with Gasteiger partial charge in [0.1, 0.15) is 11.4 Å². The van der Waals surface area contributed by atoms with Crippen LogP contribution >= 0.6 is 11.3 Å². The number of sulfonamides is 1. The molecule has 192 valence electrons. The van der Waals surface area contributed by atoms with Gasteiger partial charge in [-0.1, -0.05) is 12.1 Å². The Morgan fingerprint density at radius 2 is 2.14 bits per heavy atom. The van der Waals surface area contributed by atoms with Crippen LogP contribution < -0.4 is 10.6 Å². The van der Waals surface area contributed by atoms with Gasteiger partial charge in [-0.15, -0.1) is 11.3 Å². The van der Waals surface area contributed by atoms with Crippen molar-refractivity contribution < 1.29 is 13.5 Å². The van der Waals surface area contributed by atoms with Gasteiger partial charge in [0, 0.05) is 55.7 Å². The first-order valence-electron chi connectivity index (χ1n) is 11.9. The van der Waals surface area contributed by atoms with E-state index >= 15 is 0 Å². The Morgan fingerprint density at radius 1 is 1.24 bits per heavy atom. The van der Waals surface area contributed by atoms with E-state index in [0.717, 1.165) is 29.1 Å². The van der Waals surface area contributed by atoms with Crippen molar-refractivity contribution in [2.24, 2.45) is 0 Å². The first-order valence-corrected chi connectivity index (χ1v) is 14.2. The van der Waals surface area contributed by atoms with Gasteiger partial charge < -0.3 is 20.6 Å². The van der Waals surface area contributed by atoms with Crippen molar-refractivity contribution in [3.63, 3.8) is 0 Å². The molecule has 2 aliphatic heterocycles. The summed E-state index contributed by atoms with van der Waals surface area (Å²) in [6, 6.07) is 8.69. The standard InChI is InChI=1S/C24H26N8O3S2/c1-30-14-20(26-15-30)37(34,35)31-9-3-5-17(13-31)27-23-25-8-7-19(28-23)22-21(16-4-2-6-18(33)12-16)29-24-32(22)10-11-36-24/h2,4,6-8,10-12,14,17,26,33H,3,5,9,13,15H2,1H3,(H,25,27,28)/t17-/m1/s1. The predicted molar refractivity (Wildman–Crippen MR) is 142 cm³/mol. The third-order valence-corrected chi connectivity index (χ3v) is 9.03. The van der Waals surface area contributed by atoms with E-state index in [0.29, 0.717) is 37.1 Å². The summed E-state index contributed by atoms with van der Waals surface area (Å²) in [5, 5.41) is 18.5. The lowest BCUT2D eigenvalue weighted by Gasteiger charge is -2.32. The molecule has 0 saturated carbocycles. The summed E-state index contributed by atoms with van der Waals surface area (Å²) < 4.78 is 29.7. The maximum atomic E-state index is 13.1. The van der Waals surface area contributed by atoms with Gasteiger partial charge in [-0.25, -0.2) is 23.4 Å². The summed E-state index contributed by atoms with van der Waals surface area (Å²) in [6.45, 7) is 1.28. The van der Waals surface area contributed by atoms with Crippen LogP contribution in [0, 0.1) is 0 Å². The molecule has 0 spiro atoms. The zero-order valence-corrected chi connectivity index (χ0v) is 21.7. The number of thiazole rings is 1. The summed E-state index contributed by atoms with van der Waals surface area (Å²) >= 11 is 1.52. The number of rotatable bonds is 6. The molecule has 1 atom stereocenters. The summed E-state index contributed by atoms with van der Waals surface area (Å²) in [6.07, 6.45) is 6.79. The number of anilines is 1. The Bertz CT molecular complexity index is 1600. The van der Waals surface area contributed by atoms with E-state index in [1.54, 1.807) is 35.5 Å². The summed E-state index contributed by atoms with van der Waals surface area (Å²) in [4.78, 5) is 16.6. The number of aromatic nitrogens is 4. The largest absolute Gasteiger partial charge is 0.508 e. The lowest BCUT2D eigenvalue weighted by molar-refractivity contribution is 0.328. The van der Waals surface area contributed by atoms with Gasteiger partial charge in [0.05, 0.1) is 18.1 Å². The maximum Gasteiger partial charge on any atom is 0.259 e. The zero-order chi connectivity index (χ0) is 25.6. The minimum atomic E-state index is -3.59. The molecule has 1 fully saturated rings. The highest BCUT2D eigenvalue weighted by atomic mass is 32.2. The van der Waals surface area contributed by atoms with Crippen LogP contribution in [0.1, 0.15) is 12.8 Å². The molecular weight excluding hydrogens is 512 g/mol. The highest BCUT2D eigenvalue weighted by Crippen LogP contribution is 2.35. The fourth-order valence-electron chi connectivity index (χ4n) is 4.70. The van der Waals surface area contributed by atoms with E-state index < -0.39 is 10.0 Å². The molecule has 3 aromatic heterocycles. The van der Waals surface area contributed by atoms with E-state index in [-0.39, 0.29) is 16.8 Å². The maximum absolute atomic E-state index is 13.1. The van der Waals surface area contributed by atoms with E-state index in [9.17, 15) is 13.5 Å². The third-order valence-electron chi connectivity index (χ3n) is 6.46. The molecule has 1 saturated heterocycles. The Morgan fingerprint density at radius 3 is 2.95 bits per heavy atom. The van der Waals surface area contributed by atoms with Gasteiger partial charge >= 0.3 is 0 Å². The van der Waals surface area contributed by atoms with Crippen molar-refractivity contribution in [2.45, 2.75) is 18.9 Å². The fraction of sp³-hybridized carbons (Fsp3) is 0.292. The number of hydrogen-bond donors (Lipinski definition) is 3. The van der Waals surface area contributed by atoms with Gasteiger partial charge in [0.2, 0.25) is 5.95 Å².